The second kappa shape index (κ2) is 7.12. The van der Waals surface area contributed by atoms with Crippen molar-refractivity contribution in [2.75, 3.05) is 25.2 Å². The maximum absolute atomic E-state index is 10.8. The van der Waals surface area contributed by atoms with Crippen LogP contribution in [0.5, 0.6) is 0 Å². The molecule has 0 saturated heterocycles. The summed E-state index contributed by atoms with van der Waals surface area (Å²) in [5, 5.41) is 3.46. The van der Waals surface area contributed by atoms with Crippen molar-refractivity contribution in [3.8, 4) is 0 Å². The highest BCUT2D eigenvalue weighted by molar-refractivity contribution is 7.99. The second-order valence-corrected chi connectivity index (χ2v) is 4.75. The first-order valence-corrected chi connectivity index (χ1v) is 6.36. The Morgan fingerprint density at radius 2 is 2.29 bits per heavy atom. The van der Waals surface area contributed by atoms with Gasteiger partial charge in [0, 0.05) is 11.8 Å². The molecule has 14 heavy (non-hydrogen) atoms. The number of esters is 1. The van der Waals surface area contributed by atoms with E-state index in [0.29, 0.717) is 6.42 Å². The summed E-state index contributed by atoms with van der Waals surface area (Å²) in [5.74, 6) is 1.92. The van der Waals surface area contributed by atoms with Gasteiger partial charge in [0.1, 0.15) is 0 Å². The van der Waals surface area contributed by atoms with Crippen molar-refractivity contribution in [1.82, 2.24) is 5.32 Å². The average molecular weight is 217 g/mol. The van der Waals surface area contributed by atoms with Crippen molar-refractivity contribution in [2.45, 2.75) is 31.7 Å². The van der Waals surface area contributed by atoms with Crippen LogP contribution < -0.4 is 5.32 Å². The molecular formula is C10H19NO2S. The Morgan fingerprint density at radius 1 is 1.50 bits per heavy atom. The Balaban J connectivity index is 1.72. The van der Waals surface area contributed by atoms with Crippen LogP contribution in [0.1, 0.15) is 25.7 Å². The summed E-state index contributed by atoms with van der Waals surface area (Å²) in [5.41, 5.74) is 0. The Labute approximate surface area is 90.0 Å². The molecule has 0 spiro atoms. The quantitative estimate of drug-likeness (QED) is 0.493. The predicted molar refractivity (Wildman–Crippen MR) is 59.6 cm³/mol. The summed E-state index contributed by atoms with van der Waals surface area (Å²) >= 11 is 1.83. The summed E-state index contributed by atoms with van der Waals surface area (Å²) in [6, 6.07) is 0.815. The minimum atomic E-state index is -0.103. The first kappa shape index (κ1) is 11.9. The molecule has 4 heteroatoms. The summed E-state index contributed by atoms with van der Waals surface area (Å²) in [6.07, 6.45) is 4.45. The highest BCUT2D eigenvalue weighted by Crippen LogP contribution is 2.18. The number of ether oxygens (including phenoxy) is 1. The largest absolute Gasteiger partial charge is 0.469 e. The smallest absolute Gasteiger partial charge is 0.306 e. The molecule has 0 bridgehead atoms. The lowest BCUT2D eigenvalue weighted by Crippen LogP contribution is -2.17. The van der Waals surface area contributed by atoms with Gasteiger partial charge in [-0.05, 0) is 31.6 Å². The molecule has 0 aromatic carbocycles. The summed E-state index contributed by atoms with van der Waals surface area (Å²) in [4.78, 5) is 10.8. The first-order valence-electron chi connectivity index (χ1n) is 5.21. The number of methoxy groups -OCH3 is 1. The zero-order valence-corrected chi connectivity index (χ0v) is 9.57. The molecule has 3 nitrogen and oxygen atoms in total. The lowest BCUT2D eigenvalue weighted by atomic mass is 10.5. The molecule has 0 aromatic heterocycles. The van der Waals surface area contributed by atoms with E-state index in [1.54, 1.807) is 0 Å². The molecule has 0 unspecified atom stereocenters. The molecule has 1 aliphatic carbocycles. The molecule has 1 rings (SSSR count). The van der Waals surface area contributed by atoms with E-state index in [-0.39, 0.29) is 5.97 Å². The van der Waals surface area contributed by atoms with Gasteiger partial charge in [-0.3, -0.25) is 4.79 Å². The zero-order valence-electron chi connectivity index (χ0n) is 8.75. The molecule has 0 amide bonds. The normalized spacial score (nSPS) is 15.5. The average Bonchev–Trinajstić information content (AvgIpc) is 2.99. The van der Waals surface area contributed by atoms with Crippen LogP contribution in [0.3, 0.4) is 0 Å². The molecule has 0 atom stereocenters. The van der Waals surface area contributed by atoms with Crippen LogP contribution in [0, 0.1) is 0 Å². The van der Waals surface area contributed by atoms with Crippen molar-refractivity contribution in [1.29, 1.82) is 0 Å². The van der Waals surface area contributed by atoms with Crippen LogP contribution in [-0.2, 0) is 9.53 Å². The number of nitrogens with one attached hydrogen (secondary N) is 1. The maximum Gasteiger partial charge on any atom is 0.306 e. The van der Waals surface area contributed by atoms with Crippen molar-refractivity contribution in [3.63, 3.8) is 0 Å². The lowest BCUT2D eigenvalue weighted by Gasteiger charge is -2.02. The number of thioether (sulfide) groups is 1. The van der Waals surface area contributed by atoms with E-state index in [1.165, 1.54) is 26.4 Å². The number of rotatable bonds is 8. The molecule has 82 valence electrons. The summed E-state index contributed by atoms with van der Waals surface area (Å²) in [7, 11) is 1.44. The van der Waals surface area contributed by atoms with E-state index in [2.05, 4.69) is 10.1 Å². The number of carbonyl (C=O) groups is 1. The summed E-state index contributed by atoms with van der Waals surface area (Å²) < 4.78 is 4.55. The van der Waals surface area contributed by atoms with Crippen LogP contribution in [0.25, 0.3) is 0 Å². The van der Waals surface area contributed by atoms with Gasteiger partial charge in [0.15, 0.2) is 0 Å². The van der Waals surface area contributed by atoms with Gasteiger partial charge in [0.25, 0.3) is 0 Å². The summed E-state index contributed by atoms with van der Waals surface area (Å²) in [6.45, 7) is 1.12. The maximum atomic E-state index is 10.8. The molecule has 1 saturated carbocycles. The van der Waals surface area contributed by atoms with E-state index < -0.39 is 0 Å². The fourth-order valence-electron chi connectivity index (χ4n) is 1.13. The van der Waals surface area contributed by atoms with Gasteiger partial charge >= 0.3 is 5.97 Å². The molecule has 1 aliphatic rings. The fourth-order valence-corrected chi connectivity index (χ4v) is 1.99. The van der Waals surface area contributed by atoms with Gasteiger partial charge < -0.3 is 10.1 Å². The van der Waals surface area contributed by atoms with Crippen LogP contribution >= 0.6 is 11.8 Å². The SMILES string of the molecule is COC(=O)CCSCCCNC1CC1. The Hall–Kier alpha value is -0.220. The molecule has 0 heterocycles. The third kappa shape index (κ3) is 6.27. The topological polar surface area (TPSA) is 38.3 Å². The molecule has 0 radical (unpaired) electrons. The van der Waals surface area contributed by atoms with Crippen molar-refractivity contribution in [3.05, 3.63) is 0 Å². The Bertz CT molecular complexity index is 172. The third-order valence-corrected chi connectivity index (χ3v) is 3.22. The number of carbonyl (C=O) groups excluding carboxylic acids is 1. The van der Waals surface area contributed by atoms with Gasteiger partial charge in [0.2, 0.25) is 0 Å². The van der Waals surface area contributed by atoms with Gasteiger partial charge in [-0.25, -0.2) is 0 Å². The minimum Gasteiger partial charge on any atom is -0.469 e. The number of hydrogen-bond acceptors (Lipinski definition) is 4. The molecule has 0 aromatic rings. The van der Waals surface area contributed by atoms with E-state index >= 15 is 0 Å². The van der Waals surface area contributed by atoms with E-state index in [0.717, 1.165) is 24.1 Å². The van der Waals surface area contributed by atoms with Crippen LogP contribution in [0.4, 0.5) is 0 Å². The van der Waals surface area contributed by atoms with Gasteiger partial charge in [-0.2, -0.15) is 11.8 Å². The van der Waals surface area contributed by atoms with E-state index in [9.17, 15) is 4.79 Å². The van der Waals surface area contributed by atoms with Crippen LogP contribution in [0.15, 0.2) is 0 Å². The predicted octanol–water partition coefficient (Wildman–Crippen LogP) is 1.42. The van der Waals surface area contributed by atoms with Crippen molar-refractivity contribution >= 4 is 17.7 Å². The second-order valence-electron chi connectivity index (χ2n) is 3.52. The minimum absolute atomic E-state index is 0.103. The Morgan fingerprint density at radius 3 is 2.93 bits per heavy atom. The Kier molecular flexibility index (Phi) is 6.03. The highest BCUT2D eigenvalue weighted by atomic mass is 32.2. The molecule has 1 N–H and O–H groups in total. The first-order chi connectivity index (χ1) is 6.83. The molecule has 0 aliphatic heterocycles. The van der Waals surface area contributed by atoms with E-state index in [4.69, 9.17) is 0 Å². The van der Waals surface area contributed by atoms with Crippen LogP contribution in [-0.4, -0.2) is 37.2 Å². The van der Waals surface area contributed by atoms with Crippen molar-refractivity contribution < 1.29 is 9.53 Å². The number of hydrogen-bond donors (Lipinski definition) is 1. The molecule has 1 fully saturated rings. The fraction of sp³-hybridized carbons (Fsp3) is 0.900. The standard InChI is InChI=1S/C10H19NO2S/c1-13-10(12)5-8-14-7-2-6-11-9-3-4-9/h9,11H,2-8H2,1H3. The van der Waals surface area contributed by atoms with E-state index in [1.807, 2.05) is 11.8 Å². The van der Waals surface area contributed by atoms with Gasteiger partial charge in [-0.1, -0.05) is 0 Å². The van der Waals surface area contributed by atoms with Gasteiger partial charge in [0.05, 0.1) is 13.5 Å². The van der Waals surface area contributed by atoms with Crippen LogP contribution in [0.2, 0.25) is 0 Å². The molecular weight excluding hydrogens is 198 g/mol. The van der Waals surface area contributed by atoms with Gasteiger partial charge in [-0.15, -0.1) is 0 Å². The lowest BCUT2D eigenvalue weighted by molar-refractivity contribution is -0.140. The third-order valence-electron chi connectivity index (χ3n) is 2.15. The highest BCUT2D eigenvalue weighted by Gasteiger charge is 2.19. The zero-order chi connectivity index (χ0) is 10.2. The monoisotopic (exact) mass is 217 g/mol. The van der Waals surface area contributed by atoms with Crippen molar-refractivity contribution in [2.24, 2.45) is 0 Å².